The number of piperidine rings is 1. The molecule has 1 aromatic carbocycles. The van der Waals surface area contributed by atoms with E-state index in [2.05, 4.69) is 17.9 Å². The third-order valence-corrected chi connectivity index (χ3v) is 12.5. The van der Waals surface area contributed by atoms with Crippen LogP contribution in [0.1, 0.15) is 60.0 Å². The minimum atomic E-state index is -4.11. The molecule has 0 bridgehead atoms. The maximum absolute atomic E-state index is 13.6. The number of nitrogens with one attached hydrogen (secondary N) is 1. The van der Waals surface area contributed by atoms with Gasteiger partial charge in [0.05, 0.1) is 20.0 Å². The fourth-order valence-corrected chi connectivity index (χ4v) is 9.54. The van der Waals surface area contributed by atoms with Gasteiger partial charge >= 0.3 is 0 Å². The van der Waals surface area contributed by atoms with Crippen LogP contribution < -0.4 is 10.4 Å². The average molecular weight is 628 g/mol. The molecule has 0 spiro atoms. The molecule has 13 heteroatoms. The van der Waals surface area contributed by atoms with Gasteiger partial charge in [-0.05, 0) is 68.9 Å². The van der Waals surface area contributed by atoms with Gasteiger partial charge in [-0.3, -0.25) is 14.8 Å². The number of hydrogen-bond acceptors (Lipinski definition) is 10. The van der Waals surface area contributed by atoms with Crippen LogP contribution in [0.25, 0.3) is 10.2 Å². The highest BCUT2D eigenvalue weighted by atomic mass is 35.5. The summed E-state index contributed by atoms with van der Waals surface area (Å²) in [5, 5.41) is 10.1. The second-order valence-electron chi connectivity index (χ2n) is 10.2. The topological polar surface area (TPSA) is 126 Å². The smallest absolute Gasteiger partial charge is 0.265 e. The molecule has 0 atom stereocenters. The summed E-state index contributed by atoms with van der Waals surface area (Å²) in [6.45, 7) is 3.81. The molecule has 3 aromatic rings. The van der Waals surface area contributed by atoms with Crippen molar-refractivity contribution in [2.24, 2.45) is 5.92 Å². The van der Waals surface area contributed by atoms with E-state index in [-0.39, 0.29) is 55.1 Å². The van der Waals surface area contributed by atoms with Crippen molar-refractivity contribution in [1.82, 2.24) is 10.5 Å². The maximum Gasteiger partial charge on any atom is 0.265 e. The van der Waals surface area contributed by atoms with E-state index in [1.54, 1.807) is 28.9 Å². The number of thiophene rings is 1. The van der Waals surface area contributed by atoms with Crippen molar-refractivity contribution in [2.75, 3.05) is 31.2 Å². The zero-order chi connectivity index (χ0) is 27.6. The molecular weight excluding hydrogens is 594 g/mol. The number of halogens is 1. The standard InChI is InChI=1S/C27H33N3O6S3.ClH/c1-2-3-4-19-5-8-22(37-19)24(31)18-9-13-30(14-10-18)26-28-21-7-6-20(17-23(21)38-26)39(34,35)27(25(32)29-33)11-15-36-16-12-27;/h5-8,17-18,33H,2-4,9-16H2,1H3,(H,29,32);1H. The van der Waals surface area contributed by atoms with Crippen LogP contribution in [0.5, 0.6) is 0 Å². The predicted molar refractivity (Wildman–Crippen MR) is 159 cm³/mol. The Morgan fingerprint density at radius 1 is 1.15 bits per heavy atom. The van der Waals surface area contributed by atoms with E-state index in [0.717, 1.165) is 42.1 Å². The Balaban J connectivity index is 0.00000370. The highest BCUT2D eigenvalue weighted by Gasteiger charge is 2.52. The van der Waals surface area contributed by atoms with Crippen LogP contribution >= 0.6 is 35.1 Å². The molecule has 2 fully saturated rings. The van der Waals surface area contributed by atoms with Crippen LogP contribution in [0, 0.1) is 5.92 Å². The summed E-state index contributed by atoms with van der Waals surface area (Å²) in [6.07, 6.45) is 4.72. The summed E-state index contributed by atoms with van der Waals surface area (Å²) in [7, 11) is -4.11. The molecule has 2 aliphatic heterocycles. The Morgan fingerprint density at radius 2 is 1.88 bits per heavy atom. The Kier molecular flexibility index (Phi) is 9.90. The first-order valence-electron chi connectivity index (χ1n) is 13.3. The Labute approximate surface area is 248 Å². The van der Waals surface area contributed by atoms with Crippen molar-refractivity contribution in [3.8, 4) is 0 Å². The van der Waals surface area contributed by atoms with Crippen LogP contribution in [0.15, 0.2) is 35.2 Å². The monoisotopic (exact) mass is 627 g/mol. The molecule has 2 saturated heterocycles. The number of carbonyl (C=O) groups excluding carboxylic acids is 2. The van der Waals surface area contributed by atoms with E-state index in [0.29, 0.717) is 23.3 Å². The summed E-state index contributed by atoms with van der Waals surface area (Å²) in [6, 6.07) is 8.76. The normalized spacial score (nSPS) is 17.9. The number of carbonyl (C=O) groups is 2. The molecule has 2 N–H and O–H groups in total. The van der Waals surface area contributed by atoms with Crippen molar-refractivity contribution in [1.29, 1.82) is 0 Å². The van der Waals surface area contributed by atoms with Gasteiger partial charge in [-0.1, -0.05) is 24.7 Å². The second-order valence-corrected chi connectivity index (χ2v) is 14.6. The second kappa shape index (κ2) is 12.8. The van der Waals surface area contributed by atoms with Gasteiger partial charge in [-0.15, -0.1) is 23.7 Å². The number of anilines is 1. The van der Waals surface area contributed by atoms with Crippen LogP contribution in [-0.4, -0.2) is 61.3 Å². The lowest BCUT2D eigenvalue weighted by atomic mass is 9.92. The zero-order valence-corrected chi connectivity index (χ0v) is 25.5. The molecule has 9 nitrogen and oxygen atoms in total. The fraction of sp³-hybridized carbons (Fsp3) is 0.519. The lowest BCUT2D eigenvalue weighted by molar-refractivity contribution is -0.134. The van der Waals surface area contributed by atoms with Gasteiger partial charge in [0.25, 0.3) is 5.91 Å². The molecule has 5 rings (SSSR count). The minimum absolute atomic E-state index is 0. The third kappa shape index (κ3) is 5.79. The van der Waals surface area contributed by atoms with E-state index >= 15 is 0 Å². The van der Waals surface area contributed by atoms with Gasteiger partial charge < -0.3 is 9.64 Å². The third-order valence-electron chi connectivity index (χ3n) is 7.81. The molecule has 218 valence electrons. The number of ketones is 1. The quantitative estimate of drug-likeness (QED) is 0.192. The largest absolute Gasteiger partial charge is 0.381 e. The van der Waals surface area contributed by atoms with Crippen molar-refractivity contribution in [2.45, 2.75) is 61.5 Å². The van der Waals surface area contributed by atoms with Crippen LogP contribution in [0.2, 0.25) is 0 Å². The van der Waals surface area contributed by atoms with Crippen molar-refractivity contribution < 1.29 is 28.0 Å². The number of thiazole rings is 1. The molecular formula is C27H34ClN3O6S3. The number of fused-ring (bicyclic) bond motifs is 1. The highest BCUT2D eigenvalue weighted by molar-refractivity contribution is 7.93. The van der Waals surface area contributed by atoms with Gasteiger partial charge in [0.1, 0.15) is 0 Å². The van der Waals surface area contributed by atoms with E-state index in [4.69, 9.17) is 9.72 Å². The maximum atomic E-state index is 13.6. The summed E-state index contributed by atoms with van der Waals surface area (Å²) >= 11 is 3.03. The molecule has 40 heavy (non-hydrogen) atoms. The van der Waals surface area contributed by atoms with E-state index in [1.165, 1.54) is 22.3 Å². The summed E-state index contributed by atoms with van der Waals surface area (Å²) < 4.78 is 31.5. The Hall–Kier alpha value is -2.09. The summed E-state index contributed by atoms with van der Waals surface area (Å²) in [5.41, 5.74) is 2.23. The van der Waals surface area contributed by atoms with Crippen molar-refractivity contribution in [3.05, 3.63) is 40.1 Å². The number of ether oxygens (including phenoxy) is 1. The van der Waals surface area contributed by atoms with E-state index < -0.39 is 20.5 Å². The molecule has 2 aliphatic rings. The number of sulfone groups is 1. The van der Waals surface area contributed by atoms with Gasteiger partial charge in [0, 0.05) is 37.1 Å². The van der Waals surface area contributed by atoms with Crippen LogP contribution in [0.3, 0.4) is 0 Å². The lowest BCUT2D eigenvalue weighted by Crippen LogP contribution is -2.54. The van der Waals surface area contributed by atoms with Gasteiger partial charge in [-0.25, -0.2) is 18.9 Å². The zero-order valence-electron chi connectivity index (χ0n) is 22.3. The van der Waals surface area contributed by atoms with Crippen LogP contribution in [-0.2, 0) is 25.8 Å². The highest BCUT2D eigenvalue weighted by Crippen LogP contribution is 2.39. The predicted octanol–water partition coefficient (Wildman–Crippen LogP) is 5.05. The summed E-state index contributed by atoms with van der Waals surface area (Å²) in [4.78, 5) is 34.7. The van der Waals surface area contributed by atoms with E-state index in [9.17, 15) is 23.2 Å². The fourth-order valence-electron chi connectivity index (χ4n) is 5.37. The number of rotatable bonds is 9. The van der Waals surface area contributed by atoms with Crippen molar-refractivity contribution >= 4 is 72.0 Å². The number of aromatic nitrogens is 1. The molecule has 1 amide bonds. The minimum Gasteiger partial charge on any atom is -0.381 e. The number of Topliss-reactive ketones (excluding diaryl/α,β-unsaturated/α-hetero) is 1. The Morgan fingerprint density at radius 3 is 2.55 bits per heavy atom. The van der Waals surface area contributed by atoms with Gasteiger partial charge in [0.15, 0.2) is 25.5 Å². The van der Waals surface area contributed by atoms with Gasteiger partial charge in [-0.2, -0.15) is 0 Å². The number of hydroxylamine groups is 1. The number of nitrogens with zero attached hydrogens (tertiary/aromatic N) is 2. The van der Waals surface area contributed by atoms with Crippen LogP contribution in [0.4, 0.5) is 5.13 Å². The first-order valence-corrected chi connectivity index (χ1v) is 16.5. The first kappa shape index (κ1) is 30.9. The van der Waals surface area contributed by atoms with Gasteiger partial charge in [0.2, 0.25) is 0 Å². The summed E-state index contributed by atoms with van der Waals surface area (Å²) in [5.74, 6) is -0.707. The number of unbranched alkanes of at least 4 members (excludes halogenated alkanes) is 1. The Bertz CT molecular complexity index is 1460. The average Bonchev–Trinajstić information content (AvgIpc) is 3.62. The lowest BCUT2D eigenvalue weighted by Gasteiger charge is -2.34. The number of hydrogen-bond donors (Lipinski definition) is 2. The molecule has 4 heterocycles. The van der Waals surface area contributed by atoms with E-state index in [1.807, 2.05) is 6.07 Å². The first-order chi connectivity index (χ1) is 18.8. The number of aryl methyl sites for hydroxylation is 1. The molecule has 0 radical (unpaired) electrons. The molecule has 0 aliphatic carbocycles. The molecule has 0 saturated carbocycles. The van der Waals surface area contributed by atoms with Crippen molar-refractivity contribution in [3.63, 3.8) is 0 Å². The SMILES string of the molecule is CCCCc1ccc(C(=O)C2CCN(c3nc4ccc(S(=O)(=O)C5(C(=O)NO)CCOCC5)cc4s3)CC2)s1.Cl. The number of amides is 1. The molecule has 2 aromatic heterocycles. The number of benzene rings is 1. The molecule has 0 unspecified atom stereocenters.